The third-order valence-corrected chi connectivity index (χ3v) is 4.76. The fourth-order valence-electron chi connectivity index (χ4n) is 3.45. The van der Waals surface area contributed by atoms with Gasteiger partial charge < -0.3 is 14.8 Å². The van der Waals surface area contributed by atoms with Crippen molar-refractivity contribution in [1.82, 2.24) is 14.8 Å². The SMILES string of the molecule is CCCNC(=O)C1CCCN(C(=O)c2cn(C)c3ccccc23)C1. The summed E-state index contributed by atoms with van der Waals surface area (Å²) in [6, 6.07) is 7.93. The molecule has 2 amide bonds. The minimum Gasteiger partial charge on any atom is -0.356 e. The highest BCUT2D eigenvalue weighted by Gasteiger charge is 2.29. The molecule has 1 aromatic heterocycles. The first-order chi connectivity index (χ1) is 11.6. The molecule has 1 unspecified atom stereocenters. The number of hydrogen-bond acceptors (Lipinski definition) is 2. The Hall–Kier alpha value is -2.30. The summed E-state index contributed by atoms with van der Waals surface area (Å²) in [6.07, 6.45) is 4.56. The fourth-order valence-corrected chi connectivity index (χ4v) is 3.45. The van der Waals surface area contributed by atoms with E-state index in [-0.39, 0.29) is 17.7 Å². The molecule has 0 bridgehead atoms. The average molecular weight is 327 g/mol. The van der Waals surface area contributed by atoms with Crippen LogP contribution in [0.5, 0.6) is 0 Å². The Morgan fingerprint density at radius 3 is 2.88 bits per heavy atom. The minimum atomic E-state index is -0.0933. The van der Waals surface area contributed by atoms with Gasteiger partial charge in [-0.3, -0.25) is 9.59 Å². The summed E-state index contributed by atoms with van der Waals surface area (Å²) in [5.74, 6) is 0.0105. The average Bonchev–Trinajstić information content (AvgIpc) is 2.96. The van der Waals surface area contributed by atoms with Gasteiger partial charge in [0, 0.05) is 43.8 Å². The Balaban J connectivity index is 1.78. The molecule has 1 N–H and O–H groups in total. The Bertz CT molecular complexity index is 750. The number of hydrogen-bond donors (Lipinski definition) is 1. The van der Waals surface area contributed by atoms with E-state index >= 15 is 0 Å². The second-order valence-electron chi connectivity index (χ2n) is 6.55. The fraction of sp³-hybridized carbons (Fsp3) is 0.474. The molecule has 3 rings (SSSR count). The maximum Gasteiger partial charge on any atom is 0.256 e. The highest BCUT2D eigenvalue weighted by atomic mass is 16.2. The van der Waals surface area contributed by atoms with Crippen molar-refractivity contribution in [2.75, 3.05) is 19.6 Å². The van der Waals surface area contributed by atoms with E-state index in [2.05, 4.69) is 5.32 Å². The molecule has 5 nitrogen and oxygen atoms in total. The second-order valence-corrected chi connectivity index (χ2v) is 6.55. The highest BCUT2D eigenvalue weighted by molar-refractivity contribution is 6.07. The van der Waals surface area contributed by atoms with Crippen LogP contribution in [0.15, 0.2) is 30.5 Å². The number of rotatable bonds is 4. The van der Waals surface area contributed by atoms with E-state index < -0.39 is 0 Å². The van der Waals surface area contributed by atoms with E-state index in [0.717, 1.165) is 42.3 Å². The minimum absolute atomic E-state index is 0.0276. The van der Waals surface area contributed by atoms with Gasteiger partial charge in [0.25, 0.3) is 5.91 Å². The molecule has 1 saturated heterocycles. The number of carbonyl (C=O) groups excluding carboxylic acids is 2. The Morgan fingerprint density at radius 2 is 2.08 bits per heavy atom. The predicted molar refractivity (Wildman–Crippen MR) is 94.8 cm³/mol. The molecule has 2 aromatic rings. The molecule has 24 heavy (non-hydrogen) atoms. The number of nitrogens with zero attached hydrogens (tertiary/aromatic N) is 2. The summed E-state index contributed by atoms with van der Waals surface area (Å²) in [5, 5.41) is 3.93. The molecule has 0 radical (unpaired) electrons. The smallest absolute Gasteiger partial charge is 0.256 e. The van der Waals surface area contributed by atoms with Crippen LogP contribution in [-0.4, -0.2) is 40.9 Å². The lowest BCUT2D eigenvalue weighted by atomic mass is 9.96. The van der Waals surface area contributed by atoms with Crippen molar-refractivity contribution in [3.05, 3.63) is 36.0 Å². The van der Waals surface area contributed by atoms with Gasteiger partial charge in [-0.2, -0.15) is 0 Å². The molecule has 0 aliphatic carbocycles. The van der Waals surface area contributed by atoms with E-state index in [1.807, 2.05) is 53.9 Å². The molecule has 5 heteroatoms. The van der Waals surface area contributed by atoms with E-state index in [9.17, 15) is 9.59 Å². The summed E-state index contributed by atoms with van der Waals surface area (Å²) in [5.41, 5.74) is 1.78. The van der Waals surface area contributed by atoms with Gasteiger partial charge in [-0.15, -0.1) is 0 Å². The monoisotopic (exact) mass is 327 g/mol. The third-order valence-electron chi connectivity index (χ3n) is 4.76. The normalized spacial score (nSPS) is 17.9. The third kappa shape index (κ3) is 3.16. The van der Waals surface area contributed by atoms with Crippen molar-refractivity contribution in [2.45, 2.75) is 26.2 Å². The number of piperidine rings is 1. The maximum absolute atomic E-state index is 13.0. The van der Waals surface area contributed by atoms with Crippen LogP contribution in [0.1, 0.15) is 36.5 Å². The molecule has 1 atom stereocenters. The Morgan fingerprint density at radius 1 is 1.29 bits per heavy atom. The number of nitrogens with one attached hydrogen (secondary N) is 1. The van der Waals surface area contributed by atoms with Gasteiger partial charge in [0.15, 0.2) is 0 Å². The van der Waals surface area contributed by atoms with Crippen LogP contribution in [-0.2, 0) is 11.8 Å². The quantitative estimate of drug-likeness (QED) is 0.938. The van der Waals surface area contributed by atoms with Crippen LogP contribution < -0.4 is 5.32 Å². The van der Waals surface area contributed by atoms with Gasteiger partial charge >= 0.3 is 0 Å². The molecule has 1 aliphatic heterocycles. The number of amides is 2. The molecule has 1 aromatic carbocycles. The zero-order valence-electron chi connectivity index (χ0n) is 14.4. The second kappa shape index (κ2) is 7.07. The molecular formula is C19H25N3O2. The van der Waals surface area contributed by atoms with Crippen molar-refractivity contribution in [1.29, 1.82) is 0 Å². The maximum atomic E-state index is 13.0. The van der Waals surface area contributed by atoms with Crippen LogP contribution in [0.25, 0.3) is 10.9 Å². The van der Waals surface area contributed by atoms with Crippen LogP contribution in [0, 0.1) is 5.92 Å². The van der Waals surface area contributed by atoms with Crippen molar-refractivity contribution in [2.24, 2.45) is 13.0 Å². The molecule has 2 heterocycles. The van der Waals surface area contributed by atoms with Gasteiger partial charge in [0.2, 0.25) is 5.91 Å². The number of aryl methyl sites for hydroxylation is 1. The molecule has 128 valence electrons. The van der Waals surface area contributed by atoms with Gasteiger partial charge in [0.1, 0.15) is 0 Å². The van der Waals surface area contributed by atoms with Crippen LogP contribution in [0.2, 0.25) is 0 Å². The lowest BCUT2D eigenvalue weighted by Crippen LogP contribution is -2.45. The topological polar surface area (TPSA) is 54.3 Å². The summed E-state index contributed by atoms with van der Waals surface area (Å²) in [4.78, 5) is 27.0. The zero-order chi connectivity index (χ0) is 17.1. The zero-order valence-corrected chi connectivity index (χ0v) is 14.4. The van der Waals surface area contributed by atoms with Gasteiger partial charge in [-0.1, -0.05) is 25.1 Å². The highest BCUT2D eigenvalue weighted by Crippen LogP contribution is 2.24. The number of para-hydroxylation sites is 1. The van der Waals surface area contributed by atoms with E-state index in [1.54, 1.807) is 0 Å². The Labute approximate surface area is 142 Å². The standard InChI is InChI=1S/C19H25N3O2/c1-3-10-20-18(23)14-7-6-11-22(12-14)19(24)16-13-21(2)17-9-5-4-8-15(16)17/h4-5,8-9,13-14H,3,6-7,10-12H2,1-2H3,(H,20,23). The van der Waals surface area contributed by atoms with E-state index in [1.165, 1.54) is 0 Å². The molecule has 0 saturated carbocycles. The molecule has 0 spiro atoms. The van der Waals surface area contributed by atoms with Crippen molar-refractivity contribution in [3.63, 3.8) is 0 Å². The Kier molecular flexibility index (Phi) is 4.88. The molecule has 1 fully saturated rings. The van der Waals surface area contributed by atoms with Crippen LogP contribution >= 0.6 is 0 Å². The first-order valence-electron chi connectivity index (χ1n) is 8.73. The molecule has 1 aliphatic rings. The van der Waals surface area contributed by atoms with Crippen molar-refractivity contribution >= 4 is 22.7 Å². The molecular weight excluding hydrogens is 302 g/mol. The summed E-state index contributed by atoms with van der Waals surface area (Å²) < 4.78 is 1.98. The summed E-state index contributed by atoms with van der Waals surface area (Å²) in [7, 11) is 1.95. The predicted octanol–water partition coefficient (Wildman–Crippen LogP) is 2.56. The van der Waals surface area contributed by atoms with E-state index in [0.29, 0.717) is 13.1 Å². The number of fused-ring (bicyclic) bond motifs is 1. The first-order valence-corrected chi connectivity index (χ1v) is 8.73. The van der Waals surface area contributed by atoms with Gasteiger partial charge in [0.05, 0.1) is 11.5 Å². The number of benzene rings is 1. The summed E-state index contributed by atoms with van der Waals surface area (Å²) in [6.45, 7) is 3.97. The lowest BCUT2D eigenvalue weighted by molar-refractivity contribution is -0.126. The van der Waals surface area contributed by atoms with E-state index in [4.69, 9.17) is 0 Å². The van der Waals surface area contributed by atoms with Gasteiger partial charge in [-0.25, -0.2) is 0 Å². The number of carbonyl (C=O) groups is 2. The van der Waals surface area contributed by atoms with Crippen LogP contribution in [0.3, 0.4) is 0 Å². The van der Waals surface area contributed by atoms with Crippen molar-refractivity contribution in [3.8, 4) is 0 Å². The van der Waals surface area contributed by atoms with Gasteiger partial charge in [-0.05, 0) is 25.3 Å². The summed E-state index contributed by atoms with van der Waals surface area (Å²) >= 11 is 0. The number of likely N-dealkylation sites (tertiary alicyclic amines) is 1. The van der Waals surface area contributed by atoms with Crippen LogP contribution in [0.4, 0.5) is 0 Å². The largest absolute Gasteiger partial charge is 0.356 e. The number of aromatic nitrogens is 1. The first kappa shape index (κ1) is 16.6. The van der Waals surface area contributed by atoms with Crippen molar-refractivity contribution < 1.29 is 9.59 Å². The lowest BCUT2D eigenvalue weighted by Gasteiger charge is -2.32.